The number of amides is 1. The third-order valence-electron chi connectivity index (χ3n) is 3.77. The van der Waals surface area contributed by atoms with Gasteiger partial charge in [-0.2, -0.15) is 0 Å². The molecular formula is C14H31Cl2N3O2. The van der Waals surface area contributed by atoms with Crippen molar-refractivity contribution in [2.24, 2.45) is 11.1 Å². The maximum atomic E-state index is 12.4. The molecule has 1 aliphatic heterocycles. The molecule has 2 unspecified atom stereocenters. The van der Waals surface area contributed by atoms with Crippen molar-refractivity contribution in [3.8, 4) is 0 Å². The van der Waals surface area contributed by atoms with Gasteiger partial charge in [-0.15, -0.1) is 24.8 Å². The third-order valence-corrected chi connectivity index (χ3v) is 3.77. The number of aliphatic hydroxyl groups is 1. The lowest BCUT2D eigenvalue weighted by Crippen LogP contribution is -2.59. The van der Waals surface area contributed by atoms with E-state index in [9.17, 15) is 9.90 Å². The van der Waals surface area contributed by atoms with E-state index in [1.54, 1.807) is 6.92 Å². The number of β-amino-alcohol motifs (C(OH)–C–C–N with tert-alkyl or cyclic N) is 1. The zero-order valence-electron chi connectivity index (χ0n) is 13.7. The molecule has 0 spiro atoms. The first-order valence-electron chi connectivity index (χ1n) is 7.09. The normalized spacial score (nSPS) is 22.8. The zero-order chi connectivity index (χ0) is 14.8. The van der Waals surface area contributed by atoms with Crippen molar-refractivity contribution in [3.05, 3.63) is 0 Å². The number of nitrogens with zero attached hydrogens (tertiary/aromatic N) is 2. The van der Waals surface area contributed by atoms with Crippen LogP contribution < -0.4 is 5.73 Å². The van der Waals surface area contributed by atoms with Crippen LogP contribution in [-0.2, 0) is 4.79 Å². The Morgan fingerprint density at radius 1 is 1.33 bits per heavy atom. The SMILES string of the molecule is CC(O)CN1CCN(C(=O)[C@@H](N)C(C)(C)C)CC1C.Cl.Cl. The Bertz CT molecular complexity index is 322. The van der Waals surface area contributed by atoms with Crippen LogP contribution in [0.3, 0.4) is 0 Å². The molecule has 0 saturated carbocycles. The second-order valence-corrected chi connectivity index (χ2v) is 6.82. The first kappa shape index (κ1) is 23.2. The molecule has 1 saturated heterocycles. The van der Waals surface area contributed by atoms with E-state index in [4.69, 9.17) is 5.73 Å². The molecule has 1 rings (SSSR count). The number of carbonyl (C=O) groups excluding carboxylic acids is 1. The number of hydrogen-bond acceptors (Lipinski definition) is 4. The van der Waals surface area contributed by atoms with Crippen molar-refractivity contribution in [2.45, 2.75) is 52.8 Å². The fraction of sp³-hybridized carbons (Fsp3) is 0.929. The molecule has 0 aromatic carbocycles. The van der Waals surface area contributed by atoms with Crippen molar-refractivity contribution in [2.75, 3.05) is 26.2 Å². The van der Waals surface area contributed by atoms with Crippen LogP contribution in [0.15, 0.2) is 0 Å². The number of carbonyl (C=O) groups is 1. The van der Waals surface area contributed by atoms with Crippen LogP contribution >= 0.6 is 24.8 Å². The molecule has 0 aliphatic carbocycles. The molecule has 0 aromatic heterocycles. The van der Waals surface area contributed by atoms with E-state index in [0.717, 1.165) is 6.54 Å². The zero-order valence-corrected chi connectivity index (χ0v) is 15.3. The second kappa shape index (κ2) is 9.16. The van der Waals surface area contributed by atoms with Gasteiger partial charge in [-0.3, -0.25) is 9.69 Å². The monoisotopic (exact) mass is 343 g/mol. The molecule has 0 bridgehead atoms. The van der Waals surface area contributed by atoms with Crippen LogP contribution in [0.4, 0.5) is 0 Å². The smallest absolute Gasteiger partial charge is 0.240 e. The lowest BCUT2D eigenvalue weighted by Gasteiger charge is -2.42. The van der Waals surface area contributed by atoms with Gasteiger partial charge >= 0.3 is 0 Å². The van der Waals surface area contributed by atoms with Gasteiger partial charge in [-0.25, -0.2) is 0 Å². The van der Waals surface area contributed by atoms with Gasteiger partial charge in [0.05, 0.1) is 12.1 Å². The van der Waals surface area contributed by atoms with Crippen LogP contribution in [0.5, 0.6) is 0 Å². The molecule has 3 N–H and O–H groups in total. The topological polar surface area (TPSA) is 69.8 Å². The molecule has 7 heteroatoms. The average Bonchev–Trinajstić information content (AvgIpc) is 2.28. The van der Waals surface area contributed by atoms with Gasteiger partial charge in [0.2, 0.25) is 5.91 Å². The molecular weight excluding hydrogens is 313 g/mol. The van der Waals surface area contributed by atoms with E-state index in [1.165, 1.54) is 0 Å². The Hall–Kier alpha value is -0.0700. The summed E-state index contributed by atoms with van der Waals surface area (Å²) >= 11 is 0. The van der Waals surface area contributed by atoms with Crippen LogP contribution in [0.25, 0.3) is 0 Å². The predicted molar refractivity (Wildman–Crippen MR) is 91.2 cm³/mol. The number of rotatable bonds is 3. The maximum absolute atomic E-state index is 12.4. The summed E-state index contributed by atoms with van der Waals surface area (Å²) in [6, 6.07) is -0.192. The van der Waals surface area contributed by atoms with Crippen molar-refractivity contribution >= 4 is 30.7 Å². The van der Waals surface area contributed by atoms with Gasteiger partial charge in [0.15, 0.2) is 0 Å². The highest BCUT2D eigenvalue weighted by Crippen LogP contribution is 2.20. The Kier molecular flexibility index (Phi) is 10.1. The Labute approximate surface area is 141 Å². The van der Waals surface area contributed by atoms with Crippen LogP contribution in [-0.4, -0.2) is 65.2 Å². The summed E-state index contributed by atoms with van der Waals surface area (Å²) in [6.07, 6.45) is -0.332. The summed E-state index contributed by atoms with van der Waals surface area (Å²) in [7, 11) is 0. The van der Waals surface area contributed by atoms with Gasteiger partial charge in [-0.05, 0) is 19.3 Å². The number of piperazine rings is 1. The number of hydrogen-bond donors (Lipinski definition) is 2. The lowest BCUT2D eigenvalue weighted by atomic mass is 9.86. The fourth-order valence-corrected chi connectivity index (χ4v) is 2.37. The van der Waals surface area contributed by atoms with Crippen molar-refractivity contribution in [1.82, 2.24) is 9.80 Å². The van der Waals surface area contributed by atoms with Gasteiger partial charge in [-0.1, -0.05) is 20.8 Å². The Morgan fingerprint density at radius 2 is 1.86 bits per heavy atom. The molecule has 21 heavy (non-hydrogen) atoms. The molecule has 1 aliphatic rings. The van der Waals surface area contributed by atoms with E-state index in [1.807, 2.05) is 25.7 Å². The molecule has 1 heterocycles. The summed E-state index contributed by atoms with van der Waals surface area (Å²) in [5, 5.41) is 9.45. The summed E-state index contributed by atoms with van der Waals surface area (Å²) in [5.41, 5.74) is 5.83. The number of nitrogens with two attached hydrogens (primary N) is 1. The highest BCUT2D eigenvalue weighted by molar-refractivity contribution is 5.85. The minimum atomic E-state index is -0.456. The van der Waals surface area contributed by atoms with Crippen molar-refractivity contribution < 1.29 is 9.90 Å². The van der Waals surface area contributed by atoms with Crippen molar-refractivity contribution in [3.63, 3.8) is 0 Å². The molecule has 0 aromatic rings. The van der Waals surface area contributed by atoms with Crippen molar-refractivity contribution in [1.29, 1.82) is 0 Å². The van der Waals surface area contributed by atoms with Crippen LogP contribution in [0.2, 0.25) is 0 Å². The van der Waals surface area contributed by atoms with Gasteiger partial charge in [0.25, 0.3) is 0 Å². The van der Waals surface area contributed by atoms with Gasteiger partial charge < -0.3 is 15.7 Å². The minimum absolute atomic E-state index is 0. The first-order valence-corrected chi connectivity index (χ1v) is 7.09. The summed E-state index contributed by atoms with van der Waals surface area (Å²) in [5.74, 6) is 0.0380. The maximum Gasteiger partial charge on any atom is 0.240 e. The van der Waals surface area contributed by atoms with Gasteiger partial charge in [0, 0.05) is 32.2 Å². The number of aliphatic hydroxyl groups excluding tert-OH is 1. The first-order chi connectivity index (χ1) is 8.62. The highest BCUT2D eigenvalue weighted by atomic mass is 35.5. The minimum Gasteiger partial charge on any atom is -0.392 e. The van der Waals surface area contributed by atoms with E-state index >= 15 is 0 Å². The Balaban J connectivity index is 0. The highest BCUT2D eigenvalue weighted by Gasteiger charge is 2.34. The number of halogens is 2. The van der Waals surface area contributed by atoms with E-state index < -0.39 is 6.04 Å². The standard InChI is InChI=1S/C14H29N3O2.2ClH/c1-10-8-17(7-6-16(10)9-11(2)18)13(19)12(15)14(3,4)5;;/h10-12,18H,6-9,15H2,1-5H3;2*1H/t10?,11?,12-;;/m1../s1. The van der Waals surface area contributed by atoms with Gasteiger partial charge in [0.1, 0.15) is 0 Å². The fourth-order valence-electron chi connectivity index (χ4n) is 2.37. The largest absolute Gasteiger partial charge is 0.392 e. The molecule has 1 amide bonds. The molecule has 1 fully saturated rings. The molecule has 128 valence electrons. The summed E-state index contributed by atoms with van der Waals surface area (Å²) < 4.78 is 0. The van der Waals surface area contributed by atoms with Crippen LogP contribution in [0.1, 0.15) is 34.6 Å². The van der Waals surface area contributed by atoms with E-state index in [-0.39, 0.29) is 48.3 Å². The molecule has 5 nitrogen and oxygen atoms in total. The van der Waals surface area contributed by atoms with Crippen LogP contribution in [0, 0.1) is 5.41 Å². The third kappa shape index (κ3) is 6.70. The second-order valence-electron chi connectivity index (χ2n) is 6.82. The quantitative estimate of drug-likeness (QED) is 0.805. The van der Waals surface area contributed by atoms with E-state index in [2.05, 4.69) is 11.8 Å². The van der Waals surface area contributed by atoms with E-state index in [0.29, 0.717) is 19.6 Å². The Morgan fingerprint density at radius 3 is 2.24 bits per heavy atom. The molecule has 0 radical (unpaired) electrons. The predicted octanol–water partition coefficient (Wildman–Crippen LogP) is 1.12. The average molecular weight is 344 g/mol. The summed E-state index contributed by atoms with van der Waals surface area (Å²) in [6.45, 7) is 12.7. The lowest BCUT2D eigenvalue weighted by molar-refractivity contribution is -0.138. The molecule has 3 atom stereocenters. The summed E-state index contributed by atoms with van der Waals surface area (Å²) in [4.78, 5) is 16.4.